The average Bonchev–Trinajstić information content (AvgIpc) is 2.45. The van der Waals surface area contributed by atoms with Crippen molar-refractivity contribution in [1.82, 2.24) is 4.98 Å². The molecule has 0 bridgehead atoms. The largest absolute Gasteiger partial charge is 0.461 e. The first-order valence-electron chi connectivity index (χ1n) is 6.67. The smallest absolute Gasteiger partial charge is 0.131 e. The van der Waals surface area contributed by atoms with E-state index in [4.69, 9.17) is 4.74 Å². The van der Waals surface area contributed by atoms with Gasteiger partial charge in [0.15, 0.2) is 0 Å². The van der Waals surface area contributed by atoms with E-state index in [0.29, 0.717) is 0 Å². The maximum Gasteiger partial charge on any atom is 0.131 e. The van der Waals surface area contributed by atoms with Gasteiger partial charge in [-0.2, -0.15) is 0 Å². The Morgan fingerprint density at radius 2 is 2.00 bits per heavy atom. The molecule has 0 radical (unpaired) electrons. The number of hydrogen-bond acceptors (Lipinski definition) is 2. The van der Waals surface area contributed by atoms with Gasteiger partial charge in [-0.1, -0.05) is 6.07 Å². The zero-order valence-corrected chi connectivity index (χ0v) is 10.3. The van der Waals surface area contributed by atoms with Gasteiger partial charge in [0, 0.05) is 30.0 Å². The predicted molar refractivity (Wildman–Crippen MR) is 71.6 cm³/mol. The minimum atomic E-state index is 1.04. The fourth-order valence-corrected chi connectivity index (χ4v) is 3.07. The summed E-state index contributed by atoms with van der Waals surface area (Å²) >= 11 is 0. The lowest BCUT2D eigenvalue weighted by Gasteiger charge is -2.27. The number of hydrogen-bond donors (Lipinski definition) is 0. The van der Waals surface area contributed by atoms with E-state index in [2.05, 4.69) is 23.2 Å². The van der Waals surface area contributed by atoms with Crippen LogP contribution in [0, 0.1) is 0 Å². The summed E-state index contributed by atoms with van der Waals surface area (Å²) in [6.45, 7) is 0. The molecule has 1 aliphatic heterocycles. The van der Waals surface area contributed by atoms with Gasteiger partial charge in [-0.15, -0.1) is 0 Å². The molecule has 2 aromatic rings. The van der Waals surface area contributed by atoms with Gasteiger partial charge < -0.3 is 4.74 Å². The van der Waals surface area contributed by atoms with Crippen molar-refractivity contribution in [3.8, 4) is 5.75 Å². The Morgan fingerprint density at radius 3 is 3.00 bits per heavy atom. The third-order valence-corrected chi connectivity index (χ3v) is 4.00. The highest BCUT2D eigenvalue weighted by atomic mass is 16.5. The standard InChI is InChI=1S/C16H15NO/c1-2-6-15-11(4-1)10-13-12-5-3-9-17-14(12)7-8-16(13)18-15/h3,5,7-9H,1-2,4,6,10H2. The molecule has 1 aliphatic carbocycles. The van der Waals surface area contributed by atoms with Crippen molar-refractivity contribution in [2.45, 2.75) is 32.1 Å². The van der Waals surface area contributed by atoms with Crippen molar-refractivity contribution in [1.29, 1.82) is 0 Å². The first kappa shape index (κ1) is 10.1. The van der Waals surface area contributed by atoms with Crippen molar-refractivity contribution in [3.63, 3.8) is 0 Å². The minimum absolute atomic E-state index is 1.04. The maximum absolute atomic E-state index is 6.10. The highest BCUT2D eigenvalue weighted by Crippen LogP contribution is 2.39. The topological polar surface area (TPSA) is 22.1 Å². The molecule has 0 atom stereocenters. The number of pyridine rings is 1. The Balaban J connectivity index is 1.89. The molecule has 0 saturated heterocycles. The second kappa shape index (κ2) is 3.84. The summed E-state index contributed by atoms with van der Waals surface area (Å²) in [4.78, 5) is 4.42. The summed E-state index contributed by atoms with van der Waals surface area (Å²) < 4.78 is 6.10. The summed E-state index contributed by atoms with van der Waals surface area (Å²) in [7, 11) is 0. The van der Waals surface area contributed by atoms with Crippen LogP contribution in [-0.4, -0.2) is 4.98 Å². The monoisotopic (exact) mass is 237 g/mol. The van der Waals surface area contributed by atoms with Crippen molar-refractivity contribution in [2.24, 2.45) is 0 Å². The SMILES string of the molecule is c1cnc2ccc3c(c2c1)CC1=C(CCCC1)O3. The van der Waals surface area contributed by atoms with Gasteiger partial charge in [-0.25, -0.2) is 0 Å². The van der Waals surface area contributed by atoms with Crippen molar-refractivity contribution in [2.75, 3.05) is 0 Å². The molecular weight excluding hydrogens is 222 g/mol. The van der Waals surface area contributed by atoms with Crippen molar-refractivity contribution >= 4 is 10.9 Å². The van der Waals surface area contributed by atoms with E-state index in [1.54, 1.807) is 0 Å². The second-order valence-corrected chi connectivity index (χ2v) is 5.13. The van der Waals surface area contributed by atoms with Gasteiger partial charge in [-0.3, -0.25) is 4.98 Å². The Morgan fingerprint density at radius 1 is 1.06 bits per heavy atom. The third kappa shape index (κ3) is 1.45. The van der Waals surface area contributed by atoms with Gasteiger partial charge >= 0.3 is 0 Å². The van der Waals surface area contributed by atoms with Crippen LogP contribution in [0.2, 0.25) is 0 Å². The maximum atomic E-state index is 6.10. The zero-order valence-electron chi connectivity index (χ0n) is 10.3. The number of allylic oxidation sites excluding steroid dienone is 2. The molecule has 18 heavy (non-hydrogen) atoms. The molecule has 1 aromatic carbocycles. The van der Waals surface area contributed by atoms with E-state index in [9.17, 15) is 0 Å². The van der Waals surface area contributed by atoms with Gasteiger partial charge in [-0.05, 0) is 43.0 Å². The summed E-state index contributed by atoms with van der Waals surface area (Å²) in [5, 5.41) is 1.24. The van der Waals surface area contributed by atoms with Crippen LogP contribution in [-0.2, 0) is 6.42 Å². The molecule has 2 heterocycles. The highest BCUT2D eigenvalue weighted by Gasteiger charge is 2.23. The molecule has 0 saturated carbocycles. The van der Waals surface area contributed by atoms with Crippen LogP contribution in [0.25, 0.3) is 10.9 Å². The van der Waals surface area contributed by atoms with Crippen LogP contribution in [0.15, 0.2) is 41.8 Å². The molecular formula is C16H15NO. The van der Waals surface area contributed by atoms with Gasteiger partial charge in [0.05, 0.1) is 5.52 Å². The molecule has 2 nitrogen and oxygen atoms in total. The lowest BCUT2D eigenvalue weighted by Crippen LogP contribution is -2.14. The van der Waals surface area contributed by atoms with Crippen LogP contribution < -0.4 is 4.74 Å². The lowest BCUT2D eigenvalue weighted by molar-refractivity contribution is 0.357. The van der Waals surface area contributed by atoms with Crippen LogP contribution in [0.5, 0.6) is 5.75 Å². The highest BCUT2D eigenvalue weighted by molar-refractivity contribution is 5.85. The third-order valence-electron chi connectivity index (χ3n) is 4.00. The van der Waals surface area contributed by atoms with E-state index >= 15 is 0 Å². The number of ether oxygens (including phenoxy) is 1. The molecule has 0 fully saturated rings. The number of nitrogens with zero attached hydrogens (tertiary/aromatic N) is 1. The van der Waals surface area contributed by atoms with Gasteiger partial charge in [0.2, 0.25) is 0 Å². The van der Waals surface area contributed by atoms with E-state index < -0.39 is 0 Å². The van der Waals surface area contributed by atoms with Crippen molar-refractivity contribution in [3.05, 3.63) is 47.4 Å². The molecule has 1 aromatic heterocycles. The molecule has 0 spiro atoms. The molecule has 90 valence electrons. The van der Waals surface area contributed by atoms with E-state index in [-0.39, 0.29) is 0 Å². The quantitative estimate of drug-likeness (QED) is 0.691. The van der Waals surface area contributed by atoms with E-state index in [1.165, 1.54) is 41.5 Å². The number of aromatic nitrogens is 1. The summed E-state index contributed by atoms with van der Waals surface area (Å²) in [5.74, 6) is 2.27. The van der Waals surface area contributed by atoms with Gasteiger partial charge in [0.25, 0.3) is 0 Å². The van der Waals surface area contributed by atoms with Crippen LogP contribution >= 0.6 is 0 Å². The Bertz CT molecular complexity index is 657. The van der Waals surface area contributed by atoms with Crippen LogP contribution in [0.4, 0.5) is 0 Å². The summed E-state index contributed by atoms with van der Waals surface area (Å²) in [5.41, 5.74) is 3.89. The first-order valence-corrected chi connectivity index (χ1v) is 6.67. The minimum Gasteiger partial charge on any atom is -0.461 e. The molecule has 2 heteroatoms. The second-order valence-electron chi connectivity index (χ2n) is 5.13. The molecule has 0 amide bonds. The van der Waals surface area contributed by atoms with Gasteiger partial charge in [0.1, 0.15) is 11.5 Å². The lowest BCUT2D eigenvalue weighted by atomic mass is 9.89. The van der Waals surface area contributed by atoms with E-state index in [1.807, 2.05) is 12.3 Å². The first-order chi connectivity index (χ1) is 8.92. The number of rotatable bonds is 0. The zero-order chi connectivity index (χ0) is 11.9. The summed E-state index contributed by atoms with van der Waals surface area (Å²) in [6.07, 6.45) is 7.78. The Hall–Kier alpha value is -1.83. The average molecular weight is 237 g/mol. The number of benzene rings is 1. The fourth-order valence-electron chi connectivity index (χ4n) is 3.07. The normalized spacial score (nSPS) is 18.2. The van der Waals surface area contributed by atoms with Crippen molar-refractivity contribution < 1.29 is 4.74 Å². The summed E-state index contributed by atoms with van der Waals surface area (Å²) in [6, 6.07) is 8.29. The molecule has 4 rings (SSSR count). The Kier molecular flexibility index (Phi) is 2.16. The van der Waals surface area contributed by atoms with E-state index in [0.717, 1.165) is 24.1 Å². The predicted octanol–water partition coefficient (Wildman–Crippen LogP) is 4.00. The number of fused-ring (bicyclic) bond motifs is 3. The molecule has 0 N–H and O–H groups in total. The fraction of sp³-hybridized carbons (Fsp3) is 0.312. The molecule has 0 unspecified atom stereocenters. The molecule has 2 aliphatic rings. The van der Waals surface area contributed by atoms with Crippen LogP contribution in [0.1, 0.15) is 31.2 Å². The Labute approximate surface area is 106 Å². The van der Waals surface area contributed by atoms with Crippen LogP contribution in [0.3, 0.4) is 0 Å².